The van der Waals surface area contributed by atoms with Crippen LogP contribution in [0.3, 0.4) is 0 Å². The lowest BCUT2D eigenvalue weighted by molar-refractivity contribution is -0.137. The molecule has 3 aromatic heterocycles. The number of hydrogen-bond acceptors (Lipinski definition) is 5. The molecule has 168 valence electrons. The minimum Gasteiger partial charge on any atom is -0.393 e. The van der Waals surface area contributed by atoms with Gasteiger partial charge in [0.05, 0.1) is 21.7 Å². The van der Waals surface area contributed by atoms with Crippen LogP contribution in [0.4, 0.5) is 13.2 Å². The van der Waals surface area contributed by atoms with Crippen molar-refractivity contribution in [3.8, 4) is 23.0 Å². The predicted octanol–water partition coefficient (Wildman–Crippen LogP) is 6.34. The van der Waals surface area contributed by atoms with Gasteiger partial charge in [-0.05, 0) is 43.5 Å². The number of halogens is 6. The lowest BCUT2D eigenvalue weighted by Crippen LogP contribution is -2.06. The Bertz CT molecular complexity index is 1300. The first-order valence-electron chi connectivity index (χ1n) is 9.29. The molecule has 0 saturated heterocycles. The highest BCUT2D eigenvalue weighted by Gasteiger charge is 2.32. The monoisotopic (exact) mass is 504 g/mol. The minimum atomic E-state index is -4.56. The largest absolute Gasteiger partial charge is 0.417 e. The number of alkyl halides is 3. The van der Waals surface area contributed by atoms with Crippen LogP contribution in [0.2, 0.25) is 15.1 Å². The van der Waals surface area contributed by atoms with Crippen molar-refractivity contribution < 1.29 is 22.8 Å². The maximum absolute atomic E-state index is 13.0. The van der Waals surface area contributed by atoms with E-state index in [0.717, 1.165) is 22.2 Å². The summed E-state index contributed by atoms with van der Waals surface area (Å²) in [6, 6.07) is 4.06. The Morgan fingerprint density at radius 1 is 1.06 bits per heavy atom. The van der Waals surface area contributed by atoms with Gasteiger partial charge in [0, 0.05) is 23.0 Å². The number of pyridine rings is 1. The Hall–Kier alpha value is -2.33. The van der Waals surface area contributed by atoms with Crippen LogP contribution < -0.4 is 0 Å². The summed E-state index contributed by atoms with van der Waals surface area (Å²) < 4.78 is 45.5. The molecule has 0 bridgehead atoms. The van der Waals surface area contributed by atoms with E-state index in [2.05, 4.69) is 15.1 Å². The molecular weight excluding hydrogens is 492 g/mol. The number of fused-ring (bicyclic) bond motifs is 1. The average Bonchev–Trinajstić information content (AvgIpc) is 3.34. The molecule has 3 heterocycles. The molecule has 4 aromatic rings. The first kappa shape index (κ1) is 22.8. The molecule has 32 heavy (non-hydrogen) atoms. The van der Waals surface area contributed by atoms with Gasteiger partial charge in [-0.2, -0.15) is 18.2 Å². The standard InChI is InChI=1S/C20H14Cl3F3N4O2/c1-9(31)2-3-10-4-14(22)12(6-13(10)21)17-28-19(32-29-17)16-8-30-7-11(20(24,25)26)5-15(23)18(30)27-16/h4-9,31H,2-3H2,1H3. The molecule has 1 aromatic carbocycles. The molecule has 1 N–H and O–H groups in total. The summed E-state index contributed by atoms with van der Waals surface area (Å²) in [5.41, 5.74) is 0.509. The van der Waals surface area contributed by atoms with Gasteiger partial charge in [0.1, 0.15) is 5.69 Å². The normalized spacial score (nSPS) is 13.1. The third-order valence-electron chi connectivity index (χ3n) is 4.69. The maximum atomic E-state index is 13.0. The molecule has 0 radical (unpaired) electrons. The molecule has 12 heteroatoms. The Balaban J connectivity index is 1.68. The summed E-state index contributed by atoms with van der Waals surface area (Å²) in [7, 11) is 0. The van der Waals surface area contributed by atoms with Crippen LogP contribution in [-0.2, 0) is 12.6 Å². The fourth-order valence-corrected chi connectivity index (χ4v) is 3.85. The summed E-state index contributed by atoms with van der Waals surface area (Å²) in [5.74, 6) is 0.104. The molecule has 4 rings (SSSR count). The SMILES string of the molecule is CC(O)CCc1cc(Cl)c(-c2noc(-c3cn4cc(C(F)(F)F)cc(Cl)c4n3)n2)cc1Cl. The van der Waals surface area contributed by atoms with E-state index in [1.54, 1.807) is 19.1 Å². The van der Waals surface area contributed by atoms with Crippen LogP contribution in [0.5, 0.6) is 0 Å². The highest BCUT2D eigenvalue weighted by atomic mass is 35.5. The van der Waals surface area contributed by atoms with Crippen molar-refractivity contribution in [2.75, 3.05) is 0 Å². The van der Waals surface area contributed by atoms with Crippen LogP contribution >= 0.6 is 34.8 Å². The van der Waals surface area contributed by atoms with E-state index in [4.69, 9.17) is 39.3 Å². The van der Waals surface area contributed by atoms with E-state index in [9.17, 15) is 18.3 Å². The smallest absolute Gasteiger partial charge is 0.393 e. The van der Waals surface area contributed by atoms with Gasteiger partial charge >= 0.3 is 6.18 Å². The Morgan fingerprint density at radius 2 is 1.81 bits per heavy atom. The number of rotatable bonds is 5. The lowest BCUT2D eigenvalue weighted by atomic mass is 10.0. The van der Waals surface area contributed by atoms with Gasteiger partial charge in [-0.3, -0.25) is 0 Å². The number of aliphatic hydroxyl groups excluding tert-OH is 1. The maximum Gasteiger partial charge on any atom is 0.417 e. The molecule has 0 saturated carbocycles. The van der Waals surface area contributed by atoms with Crippen LogP contribution in [0.15, 0.2) is 35.1 Å². The van der Waals surface area contributed by atoms with E-state index in [1.165, 1.54) is 6.20 Å². The van der Waals surface area contributed by atoms with E-state index in [1.807, 2.05) is 0 Å². The average molecular weight is 506 g/mol. The van der Waals surface area contributed by atoms with Gasteiger partial charge in [0.15, 0.2) is 5.65 Å². The number of hydrogen-bond donors (Lipinski definition) is 1. The molecule has 0 aliphatic carbocycles. The summed E-state index contributed by atoms with van der Waals surface area (Å²) >= 11 is 18.7. The molecule has 0 fully saturated rings. The molecule has 0 aliphatic rings. The summed E-state index contributed by atoms with van der Waals surface area (Å²) in [4.78, 5) is 8.44. The zero-order valence-electron chi connectivity index (χ0n) is 16.3. The van der Waals surface area contributed by atoms with E-state index >= 15 is 0 Å². The van der Waals surface area contributed by atoms with E-state index in [-0.39, 0.29) is 28.1 Å². The third-order valence-corrected chi connectivity index (χ3v) is 5.63. The van der Waals surface area contributed by atoms with Crippen LogP contribution in [0, 0.1) is 0 Å². The van der Waals surface area contributed by atoms with Crippen LogP contribution in [0.1, 0.15) is 24.5 Å². The summed E-state index contributed by atoms with van der Waals surface area (Å²) in [5, 5.41) is 13.9. The van der Waals surface area contributed by atoms with Gasteiger partial charge in [-0.15, -0.1) is 0 Å². The van der Waals surface area contributed by atoms with Crippen LogP contribution in [0.25, 0.3) is 28.6 Å². The predicted molar refractivity (Wildman–Crippen MR) is 114 cm³/mol. The van der Waals surface area contributed by atoms with Crippen molar-refractivity contribution in [1.82, 2.24) is 19.5 Å². The molecule has 1 unspecified atom stereocenters. The fraction of sp³-hybridized carbons (Fsp3) is 0.250. The third kappa shape index (κ3) is 4.56. The molecular formula is C20H14Cl3F3N4O2. The van der Waals surface area contributed by atoms with E-state index < -0.39 is 17.8 Å². The molecule has 0 spiro atoms. The quantitative estimate of drug-likeness (QED) is 0.342. The van der Waals surface area contributed by atoms with Crippen molar-refractivity contribution >= 4 is 40.4 Å². The number of aromatic nitrogens is 4. The lowest BCUT2D eigenvalue weighted by Gasteiger charge is -2.09. The van der Waals surface area contributed by atoms with Gasteiger partial charge in [0.2, 0.25) is 5.82 Å². The highest BCUT2D eigenvalue weighted by molar-refractivity contribution is 6.35. The number of imidazole rings is 1. The second-order valence-electron chi connectivity index (χ2n) is 7.17. The number of nitrogens with zero attached hydrogens (tertiary/aromatic N) is 4. The second-order valence-corrected chi connectivity index (χ2v) is 8.39. The molecule has 0 amide bonds. The molecule has 6 nitrogen and oxygen atoms in total. The number of aryl methyl sites for hydroxylation is 1. The fourth-order valence-electron chi connectivity index (χ4n) is 3.07. The Morgan fingerprint density at radius 3 is 2.50 bits per heavy atom. The van der Waals surface area contributed by atoms with E-state index in [0.29, 0.717) is 28.5 Å². The van der Waals surface area contributed by atoms with Crippen molar-refractivity contribution in [1.29, 1.82) is 0 Å². The van der Waals surface area contributed by atoms with Crippen molar-refractivity contribution in [2.45, 2.75) is 32.0 Å². The van der Waals surface area contributed by atoms with Crippen molar-refractivity contribution in [3.63, 3.8) is 0 Å². The first-order chi connectivity index (χ1) is 15.0. The molecule has 1 atom stereocenters. The zero-order chi connectivity index (χ0) is 23.2. The van der Waals surface area contributed by atoms with Gasteiger partial charge < -0.3 is 14.0 Å². The number of aliphatic hydroxyl groups is 1. The Kier molecular flexibility index (Phi) is 6.10. The molecule has 0 aliphatic heterocycles. The summed E-state index contributed by atoms with van der Waals surface area (Å²) in [6.45, 7) is 1.68. The van der Waals surface area contributed by atoms with Gasteiger partial charge in [-0.25, -0.2) is 4.98 Å². The first-order valence-corrected chi connectivity index (χ1v) is 10.4. The Labute approximate surface area is 194 Å². The van der Waals surface area contributed by atoms with Gasteiger partial charge in [-0.1, -0.05) is 40.0 Å². The summed E-state index contributed by atoms with van der Waals surface area (Å²) in [6.07, 6.45) is -1.80. The minimum absolute atomic E-state index is 0.0290. The van der Waals surface area contributed by atoms with Crippen molar-refractivity contribution in [3.05, 3.63) is 56.8 Å². The second kappa shape index (κ2) is 8.55. The highest BCUT2D eigenvalue weighted by Crippen LogP contribution is 2.35. The zero-order valence-corrected chi connectivity index (χ0v) is 18.6. The number of benzene rings is 1. The topological polar surface area (TPSA) is 76.5 Å². The van der Waals surface area contributed by atoms with Gasteiger partial charge in [0.25, 0.3) is 5.89 Å². The van der Waals surface area contributed by atoms with Crippen LogP contribution in [-0.4, -0.2) is 30.7 Å². The van der Waals surface area contributed by atoms with Crippen molar-refractivity contribution in [2.24, 2.45) is 0 Å².